The zero-order valence-electron chi connectivity index (χ0n) is 11.6. The number of rotatable bonds is 3. The van der Waals surface area contributed by atoms with Crippen LogP contribution >= 0.6 is 0 Å². The average Bonchev–Trinajstić information content (AvgIpc) is 2.49. The summed E-state index contributed by atoms with van der Waals surface area (Å²) in [5.41, 5.74) is 8.77. The SMILES string of the molecule is Nc1c(Oc2ccc3c(c2)CCCC3)cccc1C(=O)O. The van der Waals surface area contributed by atoms with Crippen molar-refractivity contribution in [1.29, 1.82) is 0 Å². The van der Waals surface area contributed by atoms with Gasteiger partial charge in [0.25, 0.3) is 0 Å². The molecule has 0 saturated heterocycles. The second kappa shape index (κ2) is 5.48. The van der Waals surface area contributed by atoms with Crippen LogP contribution in [0.1, 0.15) is 34.3 Å². The minimum absolute atomic E-state index is 0.0606. The molecule has 1 aliphatic rings. The van der Waals surface area contributed by atoms with Crippen molar-refractivity contribution in [3.8, 4) is 11.5 Å². The molecule has 0 bridgehead atoms. The predicted octanol–water partition coefficient (Wildman–Crippen LogP) is 3.64. The van der Waals surface area contributed by atoms with E-state index in [4.69, 9.17) is 15.6 Å². The number of hydrogen-bond acceptors (Lipinski definition) is 3. The number of carbonyl (C=O) groups is 1. The first-order valence-electron chi connectivity index (χ1n) is 7.06. The topological polar surface area (TPSA) is 72.5 Å². The van der Waals surface area contributed by atoms with Gasteiger partial charge in [0.2, 0.25) is 0 Å². The first-order valence-corrected chi connectivity index (χ1v) is 7.06. The summed E-state index contributed by atoms with van der Waals surface area (Å²) < 4.78 is 5.78. The smallest absolute Gasteiger partial charge is 0.337 e. The van der Waals surface area contributed by atoms with Crippen molar-refractivity contribution in [3.63, 3.8) is 0 Å². The van der Waals surface area contributed by atoms with E-state index < -0.39 is 5.97 Å². The van der Waals surface area contributed by atoms with Crippen LogP contribution in [0.3, 0.4) is 0 Å². The summed E-state index contributed by atoms with van der Waals surface area (Å²) in [5, 5.41) is 9.08. The number of carboxylic acids is 1. The highest BCUT2D eigenvalue weighted by Gasteiger charge is 2.14. The molecule has 0 aromatic heterocycles. The van der Waals surface area contributed by atoms with E-state index in [1.165, 1.54) is 30.0 Å². The third-order valence-electron chi connectivity index (χ3n) is 3.84. The lowest BCUT2D eigenvalue weighted by atomic mass is 9.92. The number of aryl methyl sites for hydroxylation is 2. The second-order valence-electron chi connectivity index (χ2n) is 5.26. The minimum atomic E-state index is -1.05. The summed E-state index contributed by atoms with van der Waals surface area (Å²) >= 11 is 0. The van der Waals surface area contributed by atoms with Crippen LogP contribution in [-0.4, -0.2) is 11.1 Å². The molecular weight excluding hydrogens is 266 g/mol. The summed E-state index contributed by atoms with van der Waals surface area (Å²) in [6, 6.07) is 10.8. The molecular formula is C17H17NO3. The van der Waals surface area contributed by atoms with E-state index in [2.05, 4.69) is 6.07 Å². The highest BCUT2D eigenvalue weighted by atomic mass is 16.5. The maximum atomic E-state index is 11.1. The van der Waals surface area contributed by atoms with E-state index in [0.717, 1.165) is 12.8 Å². The first-order chi connectivity index (χ1) is 10.1. The van der Waals surface area contributed by atoms with Crippen LogP contribution in [0.15, 0.2) is 36.4 Å². The van der Waals surface area contributed by atoms with Crippen LogP contribution in [0, 0.1) is 0 Å². The fourth-order valence-electron chi connectivity index (χ4n) is 2.72. The fraction of sp³-hybridized carbons (Fsp3) is 0.235. The van der Waals surface area contributed by atoms with Gasteiger partial charge in [-0.1, -0.05) is 12.1 Å². The van der Waals surface area contributed by atoms with Gasteiger partial charge in [0.1, 0.15) is 5.75 Å². The molecule has 3 N–H and O–H groups in total. The van der Waals surface area contributed by atoms with Crippen molar-refractivity contribution in [3.05, 3.63) is 53.1 Å². The molecule has 0 fully saturated rings. The van der Waals surface area contributed by atoms with Gasteiger partial charge in [0.15, 0.2) is 5.75 Å². The Kier molecular flexibility index (Phi) is 3.52. The maximum absolute atomic E-state index is 11.1. The standard InChI is InChI=1S/C17H17NO3/c18-16-14(17(19)20)6-3-7-15(16)21-13-9-8-11-4-1-2-5-12(11)10-13/h3,6-10H,1-2,4-5,18H2,(H,19,20). The molecule has 0 amide bonds. The Morgan fingerprint density at radius 2 is 1.86 bits per heavy atom. The molecule has 2 aromatic rings. The lowest BCUT2D eigenvalue weighted by Gasteiger charge is -2.17. The predicted molar refractivity (Wildman–Crippen MR) is 81.0 cm³/mol. The zero-order chi connectivity index (χ0) is 14.8. The number of ether oxygens (including phenoxy) is 1. The van der Waals surface area contributed by atoms with Crippen LogP contribution in [0.4, 0.5) is 5.69 Å². The summed E-state index contributed by atoms with van der Waals surface area (Å²) in [6.07, 6.45) is 4.62. The second-order valence-corrected chi connectivity index (χ2v) is 5.26. The third-order valence-corrected chi connectivity index (χ3v) is 3.84. The van der Waals surface area contributed by atoms with Gasteiger partial charge < -0.3 is 15.6 Å². The lowest BCUT2D eigenvalue weighted by Crippen LogP contribution is -2.04. The Labute approximate surface area is 123 Å². The van der Waals surface area contributed by atoms with Gasteiger partial charge in [0, 0.05) is 0 Å². The summed E-state index contributed by atoms with van der Waals surface area (Å²) in [7, 11) is 0. The van der Waals surface area contributed by atoms with E-state index in [1.54, 1.807) is 12.1 Å². The molecule has 0 heterocycles. The van der Waals surface area contributed by atoms with Crippen LogP contribution in [0.2, 0.25) is 0 Å². The molecule has 0 aliphatic heterocycles. The number of nitrogens with two attached hydrogens (primary N) is 1. The average molecular weight is 283 g/mol. The maximum Gasteiger partial charge on any atom is 0.337 e. The molecule has 0 unspecified atom stereocenters. The zero-order valence-corrected chi connectivity index (χ0v) is 11.6. The van der Waals surface area contributed by atoms with E-state index in [0.29, 0.717) is 11.5 Å². The quantitative estimate of drug-likeness (QED) is 0.843. The molecule has 0 atom stereocenters. The Morgan fingerprint density at radius 3 is 2.62 bits per heavy atom. The number of nitrogen functional groups attached to an aromatic ring is 1. The van der Waals surface area contributed by atoms with Crippen molar-refractivity contribution >= 4 is 11.7 Å². The number of hydrogen-bond donors (Lipinski definition) is 2. The van der Waals surface area contributed by atoms with Gasteiger partial charge >= 0.3 is 5.97 Å². The van der Waals surface area contributed by atoms with Gasteiger partial charge in [-0.15, -0.1) is 0 Å². The number of carboxylic acid groups (broad SMARTS) is 1. The summed E-state index contributed by atoms with van der Waals surface area (Å²) in [5.74, 6) is 0.0268. The molecule has 2 aromatic carbocycles. The largest absolute Gasteiger partial charge is 0.478 e. The molecule has 0 spiro atoms. The first kappa shape index (κ1) is 13.5. The molecule has 21 heavy (non-hydrogen) atoms. The van der Waals surface area contributed by atoms with Crippen molar-refractivity contribution in [2.45, 2.75) is 25.7 Å². The fourth-order valence-corrected chi connectivity index (χ4v) is 2.72. The number of benzene rings is 2. The Balaban J connectivity index is 1.90. The number of anilines is 1. The van der Waals surface area contributed by atoms with E-state index in [9.17, 15) is 4.79 Å². The van der Waals surface area contributed by atoms with Gasteiger partial charge in [-0.2, -0.15) is 0 Å². The van der Waals surface area contributed by atoms with Crippen molar-refractivity contribution in [1.82, 2.24) is 0 Å². The van der Waals surface area contributed by atoms with E-state index >= 15 is 0 Å². The molecule has 0 radical (unpaired) electrons. The number of para-hydroxylation sites is 1. The van der Waals surface area contributed by atoms with Crippen LogP contribution in [-0.2, 0) is 12.8 Å². The molecule has 3 rings (SSSR count). The molecule has 4 heteroatoms. The Morgan fingerprint density at radius 1 is 1.10 bits per heavy atom. The van der Waals surface area contributed by atoms with E-state index in [1.807, 2.05) is 12.1 Å². The van der Waals surface area contributed by atoms with Crippen LogP contribution in [0.5, 0.6) is 11.5 Å². The molecule has 1 aliphatic carbocycles. The Bertz CT molecular complexity index is 694. The van der Waals surface area contributed by atoms with Crippen molar-refractivity contribution < 1.29 is 14.6 Å². The van der Waals surface area contributed by atoms with Crippen LogP contribution < -0.4 is 10.5 Å². The monoisotopic (exact) mass is 283 g/mol. The Hall–Kier alpha value is -2.49. The number of fused-ring (bicyclic) bond motifs is 1. The molecule has 4 nitrogen and oxygen atoms in total. The molecule has 108 valence electrons. The highest BCUT2D eigenvalue weighted by molar-refractivity contribution is 5.95. The molecule has 0 saturated carbocycles. The van der Waals surface area contributed by atoms with Gasteiger partial charge in [-0.05, 0) is 61.1 Å². The van der Waals surface area contributed by atoms with Gasteiger partial charge in [0.05, 0.1) is 11.3 Å². The normalized spacial score (nSPS) is 13.5. The number of aromatic carboxylic acids is 1. The highest BCUT2D eigenvalue weighted by Crippen LogP contribution is 2.32. The summed E-state index contributed by atoms with van der Waals surface area (Å²) in [6.45, 7) is 0. The van der Waals surface area contributed by atoms with E-state index in [-0.39, 0.29) is 11.3 Å². The minimum Gasteiger partial charge on any atom is -0.478 e. The lowest BCUT2D eigenvalue weighted by molar-refractivity contribution is 0.0697. The third kappa shape index (κ3) is 2.70. The van der Waals surface area contributed by atoms with Crippen molar-refractivity contribution in [2.24, 2.45) is 0 Å². The van der Waals surface area contributed by atoms with Gasteiger partial charge in [-0.25, -0.2) is 4.79 Å². The van der Waals surface area contributed by atoms with Crippen LogP contribution in [0.25, 0.3) is 0 Å². The van der Waals surface area contributed by atoms with Gasteiger partial charge in [-0.3, -0.25) is 0 Å². The summed E-state index contributed by atoms with van der Waals surface area (Å²) in [4.78, 5) is 11.1. The van der Waals surface area contributed by atoms with Crippen molar-refractivity contribution in [2.75, 3.05) is 5.73 Å².